The van der Waals surface area contributed by atoms with E-state index in [1.165, 1.54) is 28.0 Å². The molecule has 0 aliphatic heterocycles. The van der Waals surface area contributed by atoms with Crippen molar-refractivity contribution >= 4 is 26.1 Å². The quantitative estimate of drug-likeness (QED) is 0.668. The van der Waals surface area contributed by atoms with Gasteiger partial charge in [-0.1, -0.05) is 11.3 Å². The molecule has 0 spiro atoms. The summed E-state index contributed by atoms with van der Waals surface area (Å²) in [5.74, 6) is -0.861. The molecule has 0 radical (unpaired) electrons. The maximum atomic E-state index is 13.9. The highest BCUT2D eigenvalue weighted by Gasteiger charge is 2.16. The molecule has 0 fully saturated rings. The predicted molar refractivity (Wildman–Crippen MR) is 67.2 cm³/mol. The predicted octanol–water partition coefficient (Wildman–Crippen LogP) is 1.40. The zero-order valence-electron chi connectivity index (χ0n) is 9.61. The largest absolute Gasteiger partial charge is 0.226 e. The Labute approximate surface area is 111 Å². The molecule has 19 heavy (non-hydrogen) atoms. The van der Waals surface area contributed by atoms with Crippen molar-refractivity contribution in [1.29, 1.82) is 0 Å². The molecule has 0 aliphatic rings. The second-order valence-electron chi connectivity index (χ2n) is 3.82. The molecule has 3 aromatic heterocycles. The van der Waals surface area contributed by atoms with Gasteiger partial charge in [0.1, 0.15) is 0 Å². The smallest absolute Gasteiger partial charge is 0.224 e. The number of rotatable bonds is 2. The monoisotopic (exact) mass is 298 g/mol. The third kappa shape index (κ3) is 2.10. The SMILES string of the molecule is CS(=O)(=O)c1ccc(-c2nn3ccnc3s2)c(F)n1. The number of pyridine rings is 1. The van der Waals surface area contributed by atoms with Gasteiger partial charge >= 0.3 is 0 Å². The number of aromatic nitrogens is 4. The van der Waals surface area contributed by atoms with E-state index >= 15 is 0 Å². The van der Waals surface area contributed by atoms with Gasteiger partial charge in [-0.05, 0) is 12.1 Å². The number of hydrogen-bond acceptors (Lipinski definition) is 6. The molecule has 9 heteroatoms. The van der Waals surface area contributed by atoms with Crippen molar-refractivity contribution in [3.05, 3.63) is 30.5 Å². The Morgan fingerprint density at radius 1 is 1.37 bits per heavy atom. The molecule has 0 saturated carbocycles. The average molecular weight is 298 g/mol. The van der Waals surface area contributed by atoms with Gasteiger partial charge < -0.3 is 0 Å². The Morgan fingerprint density at radius 2 is 2.16 bits per heavy atom. The Kier molecular flexibility index (Phi) is 2.61. The molecule has 6 nitrogen and oxygen atoms in total. The standard InChI is InChI=1S/C10H7FN4O2S2/c1-19(16,17)7-3-2-6(8(11)13-7)9-14-15-5-4-12-10(15)18-9/h2-5H,1H3. The van der Waals surface area contributed by atoms with E-state index in [0.717, 1.165) is 6.26 Å². The van der Waals surface area contributed by atoms with E-state index < -0.39 is 15.8 Å². The summed E-state index contributed by atoms with van der Waals surface area (Å²) in [6.07, 6.45) is 4.21. The Hall–Kier alpha value is -1.87. The van der Waals surface area contributed by atoms with Crippen molar-refractivity contribution in [2.45, 2.75) is 5.03 Å². The highest BCUT2D eigenvalue weighted by atomic mass is 32.2. The van der Waals surface area contributed by atoms with E-state index in [1.54, 1.807) is 12.4 Å². The molecule has 0 aromatic carbocycles. The summed E-state index contributed by atoms with van der Waals surface area (Å²) in [7, 11) is -3.52. The highest BCUT2D eigenvalue weighted by Crippen LogP contribution is 2.27. The van der Waals surface area contributed by atoms with Crippen molar-refractivity contribution in [3.8, 4) is 10.6 Å². The summed E-state index contributed by atoms with van der Waals surface area (Å²) in [6, 6.07) is 2.62. The lowest BCUT2D eigenvalue weighted by Crippen LogP contribution is -2.02. The van der Waals surface area contributed by atoms with Gasteiger partial charge in [0.05, 0.1) is 11.8 Å². The third-order valence-corrected chi connectivity index (χ3v) is 4.37. The molecule has 3 rings (SSSR count). The van der Waals surface area contributed by atoms with E-state index in [2.05, 4.69) is 15.1 Å². The van der Waals surface area contributed by atoms with Crippen LogP contribution in [0.4, 0.5) is 4.39 Å². The first-order chi connectivity index (χ1) is 8.95. The molecular formula is C10H7FN4O2S2. The van der Waals surface area contributed by atoms with Crippen molar-refractivity contribution in [2.75, 3.05) is 6.26 Å². The Balaban J connectivity index is 2.13. The molecule has 0 atom stereocenters. The minimum absolute atomic E-state index is 0.155. The van der Waals surface area contributed by atoms with Crippen LogP contribution in [0.5, 0.6) is 0 Å². The third-order valence-electron chi connectivity index (χ3n) is 2.41. The number of hydrogen-bond donors (Lipinski definition) is 0. The van der Waals surface area contributed by atoms with Gasteiger partial charge in [-0.3, -0.25) is 0 Å². The minimum Gasteiger partial charge on any atom is -0.226 e. The second-order valence-corrected chi connectivity index (χ2v) is 6.74. The van der Waals surface area contributed by atoms with E-state index in [4.69, 9.17) is 0 Å². The molecule has 0 N–H and O–H groups in total. The molecular weight excluding hydrogens is 291 g/mol. The second kappa shape index (κ2) is 4.07. The van der Waals surface area contributed by atoms with Gasteiger partial charge in [-0.25, -0.2) is 22.9 Å². The number of sulfone groups is 1. The lowest BCUT2D eigenvalue weighted by atomic mass is 10.3. The van der Waals surface area contributed by atoms with Crippen molar-refractivity contribution < 1.29 is 12.8 Å². The first kappa shape index (κ1) is 12.2. The summed E-state index contributed by atoms with van der Waals surface area (Å²) in [5, 5.41) is 4.24. The van der Waals surface area contributed by atoms with Crippen LogP contribution in [-0.2, 0) is 9.84 Å². The maximum Gasteiger partial charge on any atom is 0.224 e. The Bertz CT molecular complexity index is 840. The van der Waals surface area contributed by atoms with Gasteiger partial charge in [0.25, 0.3) is 0 Å². The molecule has 0 bridgehead atoms. The lowest BCUT2D eigenvalue weighted by molar-refractivity contribution is 0.561. The van der Waals surface area contributed by atoms with Crippen LogP contribution in [0.15, 0.2) is 29.6 Å². The molecule has 3 heterocycles. The number of halogens is 1. The number of imidazole rings is 1. The van der Waals surface area contributed by atoms with Gasteiger partial charge in [0.15, 0.2) is 19.9 Å². The van der Waals surface area contributed by atoms with Crippen molar-refractivity contribution in [3.63, 3.8) is 0 Å². The normalized spacial score (nSPS) is 12.1. The number of nitrogens with zero attached hydrogens (tertiary/aromatic N) is 4. The molecule has 3 aromatic rings. The van der Waals surface area contributed by atoms with E-state index in [9.17, 15) is 12.8 Å². The van der Waals surface area contributed by atoms with Crippen LogP contribution >= 0.6 is 11.3 Å². The van der Waals surface area contributed by atoms with Crippen LogP contribution in [0.25, 0.3) is 15.5 Å². The molecule has 0 saturated heterocycles. The highest BCUT2D eigenvalue weighted by molar-refractivity contribution is 7.90. The van der Waals surface area contributed by atoms with Gasteiger partial charge in [-0.15, -0.1) is 0 Å². The molecule has 0 unspecified atom stereocenters. The van der Waals surface area contributed by atoms with Crippen LogP contribution in [0.2, 0.25) is 0 Å². The molecule has 0 aliphatic carbocycles. The van der Waals surface area contributed by atoms with Crippen LogP contribution in [0.3, 0.4) is 0 Å². The molecule has 98 valence electrons. The summed E-state index contributed by atoms with van der Waals surface area (Å²) in [5.41, 5.74) is 0.155. The summed E-state index contributed by atoms with van der Waals surface area (Å²) < 4.78 is 37.9. The fourth-order valence-electron chi connectivity index (χ4n) is 1.53. The van der Waals surface area contributed by atoms with Crippen LogP contribution < -0.4 is 0 Å². The zero-order valence-corrected chi connectivity index (χ0v) is 11.2. The average Bonchev–Trinajstić information content (AvgIpc) is 2.87. The minimum atomic E-state index is -3.52. The van der Waals surface area contributed by atoms with Gasteiger partial charge in [-0.2, -0.15) is 9.49 Å². The summed E-state index contributed by atoms with van der Waals surface area (Å²) >= 11 is 1.20. The summed E-state index contributed by atoms with van der Waals surface area (Å²) in [6.45, 7) is 0. The van der Waals surface area contributed by atoms with Gasteiger partial charge in [0, 0.05) is 12.5 Å². The van der Waals surface area contributed by atoms with E-state index in [-0.39, 0.29) is 10.6 Å². The van der Waals surface area contributed by atoms with Crippen molar-refractivity contribution in [2.24, 2.45) is 0 Å². The maximum absolute atomic E-state index is 13.9. The molecule has 0 amide bonds. The first-order valence-corrected chi connectivity index (χ1v) is 7.83. The fourth-order valence-corrected chi connectivity index (χ4v) is 2.96. The van der Waals surface area contributed by atoms with Gasteiger partial charge in [0.2, 0.25) is 10.9 Å². The first-order valence-electron chi connectivity index (χ1n) is 5.12. The van der Waals surface area contributed by atoms with Crippen LogP contribution in [0.1, 0.15) is 0 Å². The van der Waals surface area contributed by atoms with Crippen molar-refractivity contribution in [1.82, 2.24) is 19.6 Å². The fraction of sp³-hybridized carbons (Fsp3) is 0.100. The van der Waals surface area contributed by atoms with Crippen LogP contribution in [-0.4, -0.2) is 34.3 Å². The summed E-state index contributed by atoms with van der Waals surface area (Å²) in [4.78, 5) is 8.12. The zero-order chi connectivity index (χ0) is 13.6. The lowest BCUT2D eigenvalue weighted by Gasteiger charge is -2.00. The Morgan fingerprint density at radius 3 is 2.79 bits per heavy atom. The van der Waals surface area contributed by atoms with Crippen LogP contribution in [0, 0.1) is 5.95 Å². The van der Waals surface area contributed by atoms with E-state index in [0.29, 0.717) is 9.97 Å². The topological polar surface area (TPSA) is 77.2 Å². The van der Waals surface area contributed by atoms with E-state index in [1.807, 2.05) is 0 Å². The number of fused-ring (bicyclic) bond motifs is 1.